The summed E-state index contributed by atoms with van der Waals surface area (Å²) >= 11 is 0. The minimum absolute atomic E-state index is 0.156. The quantitative estimate of drug-likeness (QED) is 0.694. The Morgan fingerprint density at radius 3 is 2.33 bits per heavy atom. The Hall–Kier alpha value is -2.29. The number of carbonyl (C=O) groups excluding carboxylic acids is 1. The second kappa shape index (κ2) is 7.75. The molecule has 0 N–H and O–H groups in total. The maximum absolute atomic E-state index is 12.7. The molecule has 3 nitrogen and oxygen atoms in total. The topological polar surface area (TPSA) is 29.5 Å². The van der Waals surface area contributed by atoms with E-state index in [2.05, 4.69) is 52.0 Å². The average Bonchev–Trinajstić information content (AvgIpc) is 3.01. The fraction of sp³-hybridized carbons (Fsp3) is 0.458. The van der Waals surface area contributed by atoms with Gasteiger partial charge in [0.15, 0.2) is 0 Å². The number of nitrogens with zero attached hydrogens (tertiary/aromatic N) is 1. The molecule has 0 saturated carbocycles. The summed E-state index contributed by atoms with van der Waals surface area (Å²) in [5.41, 5.74) is 3.60. The highest BCUT2D eigenvalue weighted by molar-refractivity contribution is 5.69. The van der Waals surface area contributed by atoms with Crippen LogP contribution in [0.2, 0.25) is 0 Å². The van der Waals surface area contributed by atoms with Crippen LogP contribution in [-0.2, 0) is 23.2 Å². The molecule has 1 heterocycles. The van der Waals surface area contributed by atoms with Gasteiger partial charge in [-0.2, -0.15) is 0 Å². The molecule has 1 unspecified atom stereocenters. The number of hydrogen-bond donors (Lipinski definition) is 0. The summed E-state index contributed by atoms with van der Waals surface area (Å²) in [4.78, 5) is 14.6. The first-order valence-corrected chi connectivity index (χ1v) is 9.86. The fourth-order valence-corrected chi connectivity index (χ4v) is 3.88. The molecule has 0 aliphatic carbocycles. The normalized spacial score (nSPS) is 19.9. The summed E-state index contributed by atoms with van der Waals surface area (Å²) < 4.78 is 5.60. The Kier molecular flexibility index (Phi) is 5.59. The van der Waals surface area contributed by atoms with Crippen molar-refractivity contribution in [3.63, 3.8) is 0 Å². The van der Waals surface area contributed by atoms with Crippen molar-refractivity contribution < 1.29 is 9.53 Å². The molecule has 0 bridgehead atoms. The van der Waals surface area contributed by atoms with E-state index in [-0.39, 0.29) is 17.0 Å². The predicted molar refractivity (Wildman–Crippen MR) is 110 cm³/mol. The van der Waals surface area contributed by atoms with Crippen LogP contribution in [0, 0.1) is 0 Å². The molecule has 1 aliphatic heterocycles. The van der Waals surface area contributed by atoms with Crippen molar-refractivity contribution >= 4 is 6.09 Å². The standard InChI is InChI=1S/C24H31NO2/c1-23(2,3)21-13-11-19(12-14-21)17-24(4)15-8-16-25(24)22(26)27-18-20-9-6-5-7-10-20/h5-7,9-14H,8,15-18H2,1-4H3. The van der Waals surface area contributed by atoms with Crippen molar-refractivity contribution in [1.82, 2.24) is 4.90 Å². The molecule has 3 rings (SSSR count). The van der Waals surface area contributed by atoms with Crippen LogP contribution in [0.4, 0.5) is 4.79 Å². The lowest BCUT2D eigenvalue weighted by Crippen LogP contribution is -2.46. The minimum Gasteiger partial charge on any atom is -0.445 e. The number of ether oxygens (including phenoxy) is 1. The summed E-state index contributed by atoms with van der Waals surface area (Å²) in [6.45, 7) is 9.96. The Labute approximate surface area is 163 Å². The highest BCUT2D eigenvalue weighted by atomic mass is 16.6. The zero-order valence-electron chi connectivity index (χ0n) is 17.0. The molecule has 144 valence electrons. The fourth-order valence-electron chi connectivity index (χ4n) is 3.88. The van der Waals surface area contributed by atoms with E-state index in [1.54, 1.807) is 0 Å². The van der Waals surface area contributed by atoms with Crippen molar-refractivity contribution in [2.75, 3.05) is 6.54 Å². The Bertz CT molecular complexity index is 761. The average molecular weight is 366 g/mol. The summed E-state index contributed by atoms with van der Waals surface area (Å²) in [7, 11) is 0. The molecule has 1 amide bonds. The maximum Gasteiger partial charge on any atom is 0.410 e. The maximum atomic E-state index is 12.7. The molecule has 1 atom stereocenters. The molecule has 0 radical (unpaired) electrons. The van der Waals surface area contributed by atoms with Gasteiger partial charge in [-0.3, -0.25) is 0 Å². The molecule has 2 aromatic rings. The molecule has 0 spiro atoms. The highest BCUT2D eigenvalue weighted by Gasteiger charge is 2.40. The van der Waals surface area contributed by atoms with Crippen LogP contribution in [0.3, 0.4) is 0 Å². The van der Waals surface area contributed by atoms with Gasteiger partial charge in [0.25, 0.3) is 0 Å². The van der Waals surface area contributed by atoms with Crippen LogP contribution in [0.25, 0.3) is 0 Å². The van der Waals surface area contributed by atoms with Gasteiger partial charge >= 0.3 is 6.09 Å². The largest absolute Gasteiger partial charge is 0.445 e. The number of rotatable bonds is 4. The van der Waals surface area contributed by atoms with Crippen LogP contribution < -0.4 is 0 Å². The molecule has 2 aromatic carbocycles. The van der Waals surface area contributed by atoms with Crippen molar-refractivity contribution in [1.29, 1.82) is 0 Å². The van der Waals surface area contributed by atoms with Gasteiger partial charge < -0.3 is 9.64 Å². The van der Waals surface area contributed by atoms with E-state index < -0.39 is 0 Å². The van der Waals surface area contributed by atoms with Crippen molar-refractivity contribution in [2.24, 2.45) is 0 Å². The summed E-state index contributed by atoms with van der Waals surface area (Å²) in [5.74, 6) is 0. The predicted octanol–water partition coefficient (Wildman–Crippen LogP) is 5.72. The van der Waals surface area contributed by atoms with Crippen LogP contribution >= 0.6 is 0 Å². The first-order chi connectivity index (χ1) is 12.8. The lowest BCUT2D eigenvalue weighted by molar-refractivity contribution is 0.0701. The summed E-state index contributed by atoms with van der Waals surface area (Å²) in [6, 6.07) is 18.7. The molecular weight excluding hydrogens is 334 g/mol. The lowest BCUT2D eigenvalue weighted by atomic mass is 9.85. The van der Waals surface area contributed by atoms with Gasteiger partial charge in [0.2, 0.25) is 0 Å². The number of carbonyl (C=O) groups is 1. The van der Waals surface area contributed by atoms with Crippen molar-refractivity contribution in [3.05, 3.63) is 71.3 Å². The first kappa shape index (κ1) is 19.5. The van der Waals surface area contributed by atoms with Gasteiger partial charge in [-0.05, 0) is 48.3 Å². The number of hydrogen-bond acceptors (Lipinski definition) is 2. The second-order valence-electron chi connectivity index (χ2n) is 8.92. The Morgan fingerprint density at radius 1 is 1.04 bits per heavy atom. The zero-order chi connectivity index (χ0) is 19.5. The van der Waals surface area contributed by atoms with Gasteiger partial charge in [0.1, 0.15) is 6.61 Å². The third kappa shape index (κ3) is 4.71. The highest BCUT2D eigenvalue weighted by Crippen LogP contribution is 2.33. The Morgan fingerprint density at radius 2 is 1.70 bits per heavy atom. The van der Waals surface area contributed by atoms with Gasteiger partial charge in [-0.15, -0.1) is 0 Å². The van der Waals surface area contributed by atoms with Crippen LogP contribution in [-0.4, -0.2) is 23.1 Å². The smallest absolute Gasteiger partial charge is 0.410 e. The molecule has 27 heavy (non-hydrogen) atoms. The second-order valence-corrected chi connectivity index (χ2v) is 8.92. The van der Waals surface area contributed by atoms with Crippen LogP contribution in [0.1, 0.15) is 57.2 Å². The van der Waals surface area contributed by atoms with E-state index in [9.17, 15) is 4.79 Å². The number of benzene rings is 2. The minimum atomic E-state index is -0.204. The molecule has 3 heteroatoms. The van der Waals surface area contributed by atoms with E-state index in [1.807, 2.05) is 35.2 Å². The van der Waals surface area contributed by atoms with Crippen molar-refractivity contribution in [2.45, 2.75) is 64.5 Å². The van der Waals surface area contributed by atoms with Crippen molar-refractivity contribution in [3.8, 4) is 0 Å². The van der Waals surface area contributed by atoms with E-state index >= 15 is 0 Å². The third-order valence-corrected chi connectivity index (χ3v) is 5.58. The molecular formula is C24H31NO2. The molecule has 1 aliphatic rings. The van der Waals surface area contributed by atoms with Crippen LogP contribution in [0.15, 0.2) is 54.6 Å². The molecule has 1 fully saturated rings. The zero-order valence-corrected chi connectivity index (χ0v) is 17.0. The monoisotopic (exact) mass is 365 g/mol. The van der Waals surface area contributed by atoms with Gasteiger partial charge in [0.05, 0.1) is 0 Å². The van der Waals surface area contributed by atoms with E-state index in [0.717, 1.165) is 31.4 Å². The van der Waals surface area contributed by atoms with Gasteiger partial charge in [-0.1, -0.05) is 75.4 Å². The van der Waals surface area contributed by atoms with E-state index in [0.29, 0.717) is 6.61 Å². The van der Waals surface area contributed by atoms with E-state index in [4.69, 9.17) is 4.74 Å². The third-order valence-electron chi connectivity index (χ3n) is 5.58. The van der Waals surface area contributed by atoms with E-state index in [1.165, 1.54) is 11.1 Å². The molecule has 0 aromatic heterocycles. The summed E-state index contributed by atoms with van der Waals surface area (Å²) in [6.07, 6.45) is 2.69. The SMILES string of the molecule is CC(C)(C)c1ccc(CC2(C)CCCN2C(=O)OCc2ccccc2)cc1. The van der Waals surface area contributed by atoms with Crippen LogP contribution in [0.5, 0.6) is 0 Å². The number of amides is 1. The summed E-state index contributed by atoms with van der Waals surface area (Å²) in [5, 5.41) is 0. The Balaban J connectivity index is 1.65. The lowest BCUT2D eigenvalue weighted by Gasteiger charge is -2.35. The van der Waals surface area contributed by atoms with Gasteiger partial charge in [-0.25, -0.2) is 4.79 Å². The number of likely N-dealkylation sites (tertiary alicyclic amines) is 1. The molecule has 1 saturated heterocycles. The van der Waals surface area contributed by atoms with Gasteiger partial charge in [0, 0.05) is 12.1 Å². The first-order valence-electron chi connectivity index (χ1n) is 9.86.